The summed E-state index contributed by atoms with van der Waals surface area (Å²) in [4.78, 5) is 4.91. The van der Waals surface area contributed by atoms with Crippen LogP contribution in [0.25, 0.3) is 0 Å². The van der Waals surface area contributed by atoms with Gasteiger partial charge in [-0.25, -0.2) is 4.99 Å². The zero-order chi connectivity index (χ0) is 17.8. The van der Waals surface area contributed by atoms with E-state index in [2.05, 4.69) is 59.2 Å². The van der Waals surface area contributed by atoms with E-state index < -0.39 is 0 Å². The molecule has 3 aromatic rings. The third-order valence-corrected chi connectivity index (χ3v) is 4.95. The summed E-state index contributed by atoms with van der Waals surface area (Å²) < 4.78 is 0. The Balaban J connectivity index is 1.57. The summed E-state index contributed by atoms with van der Waals surface area (Å²) in [5.74, 6) is 0.799. The Morgan fingerprint density at radius 2 is 1.42 bits per heavy atom. The number of aliphatic imine (C=N–C) groups is 1. The molecule has 26 heavy (non-hydrogen) atoms. The van der Waals surface area contributed by atoms with Gasteiger partial charge < -0.3 is 10.6 Å². The molecule has 0 saturated carbocycles. The van der Waals surface area contributed by atoms with E-state index in [1.807, 2.05) is 36.4 Å². The Bertz CT molecular complexity index is 894. The predicted octanol–water partition coefficient (Wildman–Crippen LogP) is 4.87. The molecule has 2 N–H and O–H groups in total. The molecule has 0 bridgehead atoms. The second-order valence-corrected chi connectivity index (χ2v) is 6.72. The maximum Gasteiger partial charge on any atom is 0.192 e. The third-order valence-electron chi connectivity index (χ3n) is 4.58. The van der Waals surface area contributed by atoms with Gasteiger partial charge in [0.25, 0.3) is 0 Å². The Morgan fingerprint density at radius 1 is 0.808 bits per heavy atom. The fourth-order valence-electron chi connectivity index (χ4n) is 3.24. The number of benzene rings is 3. The van der Waals surface area contributed by atoms with Crippen LogP contribution in [-0.4, -0.2) is 5.96 Å². The first kappa shape index (κ1) is 16.7. The van der Waals surface area contributed by atoms with E-state index in [0.717, 1.165) is 16.5 Å². The summed E-state index contributed by atoms with van der Waals surface area (Å²) in [6.07, 6.45) is 0. The van der Waals surface area contributed by atoms with Crippen LogP contribution in [0.1, 0.15) is 28.8 Å². The fraction of sp³-hybridized carbons (Fsp3) is 0.136. The molecule has 0 aliphatic carbocycles. The summed E-state index contributed by atoms with van der Waals surface area (Å²) in [5, 5.41) is 7.70. The smallest absolute Gasteiger partial charge is 0.192 e. The van der Waals surface area contributed by atoms with Crippen LogP contribution in [-0.2, 0) is 6.54 Å². The predicted molar refractivity (Wildman–Crippen MR) is 107 cm³/mol. The van der Waals surface area contributed by atoms with Gasteiger partial charge in [-0.1, -0.05) is 90.5 Å². The van der Waals surface area contributed by atoms with Crippen LogP contribution in [0.15, 0.2) is 89.9 Å². The first-order valence-corrected chi connectivity index (χ1v) is 9.10. The van der Waals surface area contributed by atoms with Crippen molar-refractivity contribution in [3.8, 4) is 0 Å². The standard InChI is InChI=1S/C22H20ClN3/c23-19-14-8-7-13-18(19)15-24-22-25-20(16-9-3-1-4-10-16)21(26-22)17-11-5-2-6-12-17/h1-14,20-21H,15H2,(H2,24,25,26). The number of hydrogen-bond donors (Lipinski definition) is 2. The molecule has 0 spiro atoms. The molecule has 130 valence electrons. The molecule has 0 fully saturated rings. The highest BCUT2D eigenvalue weighted by Crippen LogP contribution is 2.35. The van der Waals surface area contributed by atoms with Gasteiger partial charge in [0.05, 0.1) is 6.04 Å². The number of hydrogen-bond acceptors (Lipinski definition) is 3. The minimum absolute atomic E-state index is 0.0346. The molecule has 3 aromatic carbocycles. The molecular weight excluding hydrogens is 342 g/mol. The summed E-state index contributed by atoms with van der Waals surface area (Å²) in [6.45, 7) is 0.633. The number of halogens is 1. The minimum Gasteiger partial charge on any atom is -0.352 e. The number of nitrogens with one attached hydrogen (secondary N) is 2. The van der Waals surface area contributed by atoms with Gasteiger partial charge in [-0.05, 0) is 22.8 Å². The van der Waals surface area contributed by atoms with Crippen LogP contribution in [0, 0.1) is 0 Å². The van der Waals surface area contributed by atoms with Gasteiger partial charge >= 0.3 is 0 Å². The maximum atomic E-state index is 6.26. The van der Waals surface area contributed by atoms with Crippen LogP contribution in [0.4, 0.5) is 0 Å². The van der Waals surface area contributed by atoms with Crippen molar-refractivity contribution in [3.63, 3.8) is 0 Å². The van der Waals surface area contributed by atoms with Crippen molar-refractivity contribution < 1.29 is 0 Å². The molecule has 2 atom stereocenters. The van der Waals surface area contributed by atoms with Gasteiger partial charge in [0, 0.05) is 11.6 Å². The lowest BCUT2D eigenvalue weighted by molar-refractivity contribution is 0.570. The van der Waals surface area contributed by atoms with Crippen LogP contribution >= 0.6 is 11.6 Å². The lowest BCUT2D eigenvalue weighted by Crippen LogP contribution is -2.35. The van der Waals surface area contributed by atoms with Crippen molar-refractivity contribution >= 4 is 17.6 Å². The Kier molecular flexibility index (Phi) is 4.89. The molecule has 1 aliphatic heterocycles. The first-order chi connectivity index (χ1) is 12.8. The van der Waals surface area contributed by atoms with Crippen molar-refractivity contribution in [3.05, 3.63) is 107 Å². The summed E-state index contributed by atoms with van der Waals surface area (Å²) in [7, 11) is 0. The van der Waals surface area contributed by atoms with E-state index in [1.54, 1.807) is 0 Å². The lowest BCUT2D eigenvalue weighted by atomic mass is 9.95. The molecule has 0 aromatic heterocycles. The fourth-order valence-corrected chi connectivity index (χ4v) is 3.44. The van der Waals surface area contributed by atoms with Crippen LogP contribution in [0.2, 0.25) is 5.02 Å². The zero-order valence-corrected chi connectivity index (χ0v) is 15.0. The van der Waals surface area contributed by atoms with E-state index in [0.29, 0.717) is 6.54 Å². The normalized spacial score (nSPS) is 18.9. The van der Waals surface area contributed by atoms with Crippen molar-refractivity contribution in [2.24, 2.45) is 4.99 Å². The average Bonchev–Trinajstić information content (AvgIpc) is 3.13. The van der Waals surface area contributed by atoms with Crippen molar-refractivity contribution in [1.29, 1.82) is 0 Å². The number of nitrogens with zero attached hydrogens (tertiary/aromatic N) is 1. The molecule has 4 rings (SSSR count). The van der Waals surface area contributed by atoms with Gasteiger partial charge in [0.2, 0.25) is 0 Å². The van der Waals surface area contributed by atoms with Gasteiger partial charge in [-0.15, -0.1) is 0 Å². The monoisotopic (exact) mass is 361 g/mol. The van der Waals surface area contributed by atoms with Crippen LogP contribution in [0.3, 0.4) is 0 Å². The topological polar surface area (TPSA) is 36.4 Å². The average molecular weight is 362 g/mol. The van der Waals surface area contributed by atoms with Crippen LogP contribution in [0.5, 0.6) is 0 Å². The second-order valence-electron chi connectivity index (χ2n) is 6.31. The van der Waals surface area contributed by atoms with Crippen molar-refractivity contribution in [2.75, 3.05) is 0 Å². The van der Waals surface area contributed by atoms with Gasteiger partial charge in [0.15, 0.2) is 5.96 Å². The molecule has 3 nitrogen and oxygen atoms in total. The molecule has 0 saturated heterocycles. The maximum absolute atomic E-state index is 6.26. The largest absolute Gasteiger partial charge is 0.352 e. The molecule has 0 amide bonds. The van der Waals surface area contributed by atoms with E-state index in [-0.39, 0.29) is 12.1 Å². The molecular formula is C22H20ClN3. The van der Waals surface area contributed by atoms with Gasteiger partial charge in [0.1, 0.15) is 6.04 Å². The highest BCUT2D eigenvalue weighted by molar-refractivity contribution is 6.31. The number of guanidine groups is 1. The van der Waals surface area contributed by atoms with Crippen LogP contribution < -0.4 is 10.6 Å². The van der Waals surface area contributed by atoms with E-state index in [4.69, 9.17) is 16.6 Å². The highest BCUT2D eigenvalue weighted by atomic mass is 35.5. The molecule has 1 heterocycles. The minimum atomic E-state index is 0.0346. The first-order valence-electron chi connectivity index (χ1n) is 8.73. The third kappa shape index (κ3) is 3.58. The molecule has 4 heteroatoms. The quantitative estimate of drug-likeness (QED) is 0.695. The second kappa shape index (κ2) is 7.63. The Labute approximate surface area is 158 Å². The summed E-state index contributed by atoms with van der Waals surface area (Å²) >= 11 is 6.26. The number of rotatable bonds is 4. The van der Waals surface area contributed by atoms with Gasteiger partial charge in [-0.2, -0.15) is 0 Å². The zero-order valence-electron chi connectivity index (χ0n) is 14.3. The molecule has 0 radical (unpaired) electrons. The SMILES string of the molecule is Clc1ccccc1CNC1=NC(c2ccccc2)C(c2ccccc2)N1. The Morgan fingerprint density at radius 3 is 2.12 bits per heavy atom. The van der Waals surface area contributed by atoms with E-state index in [9.17, 15) is 0 Å². The molecule has 2 unspecified atom stereocenters. The van der Waals surface area contributed by atoms with Gasteiger partial charge in [-0.3, -0.25) is 0 Å². The molecule has 1 aliphatic rings. The van der Waals surface area contributed by atoms with Crippen molar-refractivity contribution in [1.82, 2.24) is 10.6 Å². The summed E-state index contributed by atoms with van der Waals surface area (Å²) in [6, 6.07) is 28.8. The van der Waals surface area contributed by atoms with E-state index in [1.165, 1.54) is 11.1 Å². The highest BCUT2D eigenvalue weighted by Gasteiger charge is 2.31. The summed E-state index contributed by atoms with van der Waals surface area (Å²) in [5.41, 5.74) is 3.47. The van der Waals surface area contributed by atoms with Crippen molar-refractivity contribution in [2.45, 2.75) is 18.6 Å². The van der Waals surface area contributed by atoms with E-state index >= 15 is 0 Å². The Hall–Kier alpha value is -2.78. The lowest BCUT2D eigenvalue weighted by Gasteiger charge is -2.19.